The van der Waals surface area contributed by atoms with Gasteiger partial charge in [0.1, 0.15) is 12.3 Å². The molecular formula is C9H10F2N2O4. The first kappa shape index (κ1) is 11.9. The van der Waals surface area contributed by atoms with Gasteiger partial charge in [0.25, 0.3) is 11.5 Å². The van der Waals surface area contributed by atoms with E-state index in [2.05, 4.69) is 0 Å². The molecule has 2 heterocycles. The summed E-state index contributed by atoms with van der Waals surface area (Å²) >= 11 is 0. The number of aliphatic hydroxyl groups is 1. The third-order valence-corrected chi connectivity index (χ3v) is 2.57. The Bertz CT molecular complexity index is 524. The molecule has 0 radical (unpaired) electrons. The quantitative estimate of drug-likeness (QED) is 0.735. The van der Waals surface area contributed by atoms with Gasteiger partial charge in [0.05, 0.1) is 13.0 Å². The van der Waals surface area contributed by atoms with E-state index in [9.17, 15) is 18.4 Å². The summed E-state index contributed by atoms with van der Waals surface area (Å²) in [5.74, 6) is -3.20. The lowest BCUT2D eigenvalue weighted by Gasteiger charge is -2.14. The Labute approximate surface area is 93.5 Å². The summed E-state index contributed by atoms with van der Waals surface area (Å²) in [6.07, 6.45) is -2.45. The van der Waals surface area contributed by atoms with E-state index < -0.39 is 42.5 Å². The molecule has 1 aromatic rings. The molecule has 2 N–H and O–H groups in total. The average Bonchev–Trinajstić information content (AvgIpc) is 2.53. The van der Waals surface area contributed by atoms with Gasteiger partial charge in [0.2, 0.25) is 0 Å². The van der Waals surface area contributed by atoms with Gasteiger partial charge in [-0.25, -0.2) is 13.6 Å². The lowest BCUT2D eigenvalue weighted by atomic mass is 10.2. The molecule has 6 nitrogen and oxygen atoms in total. The molecule has 0 bridgehead atoms. The summed E-state index contributed by atoms with van der Waals surface area (Å²) in [6, 6.07) is 1.04. The minimum absolute atomic E-state index is 0.616. The molecule has 0 amide bonds. The molecular weight excluding hydrogens is 238 g/mol. The molecule has 1 fully saturated rings. The summed E-state index contributed by atoms with van der Waals surface area (Å²) in [4.78, 5) is 24.1. The Kier molecular flexibility index (Phi) is 2.84. The molecule has 0 unspecified atom stereocenters. The number of nitrogens with one attached hydrogen (secondary N) is 1. The first-order chi connectivity index (χ1) is 7.94. The number of aliphatic hydroxyl groups excluding tert-OH is 1. The van der Waals surface area contributed by atoms with Crippen molar-refractivity contribution < 1.29 is 18.6 Å². The first-order valence-corrected chi connectivity index (χ1v) is 4.89. The van der Waals surface area contributed by atoms with Crippen LogP contribution in [0.25, 0.3) is 0 Å². The Balaban J connectivity index is 2.32. The van der Waals surface area contributed by atoms with Crippen LogP contribution in [0.15, 0.2) is 21.9 Å². The van der Waals surface area contributed by atoms with Crippen LogP contribution in [0.5, 0.6) is 0 Å². The molecule has 8 heteroatoms. The Morgan fingerprint density at radius 2 is 2.29 bits per heavy atom. The lowest BCUT2D eigenvalue weighted by molar-refractivity contribution is -0.102. The summed E-state index contributed by atoms with van der Waals surface area (Å²) < 4.78 is 32.3. The van der Waals surface area contributed by atoms with Gasteiger partial charge in [-0.1, -0.05) is 0 Å². The normalized spacial score (nSPS) is 27.2. The molecule has 0 saturated carbocycles. The largest absolute Gasteiger partial charge is 0.393 e. The molecule has 0 aromatic carbocycles. The molecule has 0 aliphatic carbocycles. The van der Waals surface area contributed by atoms with E-state index in [1.165, 1.54) is 0 Å². The monoisotopic (exact) mass is 248 g/mol. The van der Waals surface area contributed by atoms with Crippen LogP contribution in [0.1, 0.15) is 12.6 Å². The maximum absolute atomic E-state index is 13.3. The van der Waals surface area contributed by atoms with Crippen molar-refractivity contribution in [3.8, 4) is 0 Å². The van der Waals surface area contributed by atoms with Crippen molar-refractivity contribution in [2.45, 2.75) is 24.7 Å². The summed E-state index contributed by atoms with van der Waals surface area (Å²) in [7, 11) is 0. The zero-order valence-electron chi connectivity index (χ0n) is 8.60. The van der Waals surface area contributed by atoms with Crippen LogP contribution < -0.4 is 11.2 Å². The zero-order valence-corrected chi connectivity index (χ0v) is 8.60. The van der Waals surface area contributed by atoms with Crippen molar-refractivity contribution in [3.63, 3.8) is 0 Å². The maximum Gasteiger partial charge on any atom is 0.330 e. The molecule has 1 aromatic heterocycles. The fraction of sp³-hybridized carbons (Fsp3) is 0.556. The van der Waals surface area contributed by atoms with E-state index in [4.69, 9.17) is 9.84 Å². The van der Waals surface area contributed by atoms with Crippen LogP contribution in [-0.2, 0) is 4.74 Å². The van der Waals surface area contributed by atoms with Gasteiger partial charge in [-0.3, -0.25) is 14.3 Å². The van der Waals surface area contributed by atoms with Gasteiger partial charge in [-0.15, -0.1) is 0 Å². The molecule has 2 rings (SSSR count). The van der Waals surface area contributed by atoms with Gasteiger partial charge in [-0.05, 0) is 0 Å². The fourth-order valence-electron chi connectivity index (χ4n) is 1.70. The van der Waals surface area contributed by atoms with Crippen LogP contribution in [0.3, 0.4) is 0 Å². The van der Waals surface area contributed by atoms with Crippen LogP contribution in [0, 0.1) is 0 Å². The second-order valence-corrected chi connectivity index (χ2v) is 3.74. The standard InChI is InChI=1S/C9H10F2N2O4/c10-9(11)3-7(17-5(9)4-14)13-2-1-6(15)12-8(13)16/h1-2,5,7,14H,3-4H2,(H,12,15,16)/t5-,7-/m1/s1. The number of rotatable bonds is 2. The Morgan fingerprint density at radius 1 is 1.59 bits per heavy atom. The molecule has 1 aliphatic rings. The third kappa shape index (κ3) is 2.13. The van der Waals surface area contributed by atoms with Gasteiger partial charge in [-0.2, -0.15) is 0 Å². The minimum Gasteiger partial charge on any atom is -0.393 e. The number of ether oxygens (including phenoxy) is 1. The van der Waals surface area contributed by atoms with Crippen LogP contribution in [0.4, 0.5) is 8.78 Å². The highest BCUT2D eigenvalue weighted by Gasteiger charge is 2.50. The van der Waals surface area contributed by atoms with Gasteiger partial charge in [0, 0.05) is 12.3 Å². The van der Waals surface area contributed by atoms with Crippen molar-refractivity contribution in [2.24, 2.45) is 0 Å². The Morgan fingerprint density at radius 3 is 2.82 bits per heavy atom. The maximum atomic E-state index is 13.3. The molecule has 94 valence electrons. The molecule has 1 aliphatic heterocycles. The number of nitrogens with zero attached hydrogens (tertiary/aromatic N) is 1. The van der Waals surface area contributed by atoms with Crippen molar-refractivity contribution in [2.75, 3.05) is 6.61 Å². The highest BCUT2D eigenvalue weighted by Crippen LogP contribution is 2.39. The SMILES string of the molecule is O=c1ccn([C@H]2CC(F)(F)[C@@H](CO)O2)c(=O)[nH]1. The van der Waals surface area contributed by atoms with Gasteiger partial charge < -0.3 is 9.84 Å². The minimum atomic E-state index is -3.20. The van der Waals surface area contributed by atoms with Crippen molar-refractivity contribution >= 4 is 0 Å². The predicted octanol–water partition coefficient (Wildman–Crippen LogP) is -0.548. The van der Waals surface area contributed by atoms with Crippen molar-refractivity contribution in [1.82, 2.24) is 9.55 Å². The van der Waals surface area contributed by atoms with Crippen molar-refractivity contribution in [1.29, 1.82) is 0 Å². The highest BCUT2D eigenvalue weighted by molar-refractivity contribution is 4.91. The van der Waals surface area contributed by atoms with E-state index in [0.29, 0.717) is 0 Å². The third-order valence-electron chi connectivity index (χ3n) is 2.57. The molecule has 2 atom stereocenters. The summed E-state index contributed by atoms with van der Waals surface area (Å²) in [5, 5.41) is 8.73. The van der Waals surface area contributed by atoms with Crippen molar-refractivity contribution in [3.05, 3.63) is 33.1 Å². The van der Waals surface area contributed by atoms with E-state index in [-0.39, 0.29) is 0 Å². The number of hydrogen-bond acceptors (Lipinski definition) is 4. The van der Waals surface area contributed by atoms with E-state index in [1.54, 1.807) is 0 Å². The zero-order chi connectivity index (χ0) is 12.6. The van der Waals surface area contributed by atoms with Gasteiger partial charge in [0.15, 0.2) is 0 Å². The number of hydrogen-bond donors (Lipinski definition) is 2. The number of aromatic amines is 1. The average molecular weight is 248 g/mol. The van der Waals surface area contributed by atoms with Crippen LogP contribution >= 0.6 is 0 Å². The first-order valence-electron chi connectivity index (χ1n) is 4.89. The number of halogens is 2. The summed E-state index contributed by atoms with van der Waals surface area (Å²) in [6.45, 7) is -0.832. The second-order valence-electron chi connectivity index (χ2n) is 3.74. The smallest absolute Gasteiger partial charge is 0.330 e. The number of H-pyrrole nitrogens is 1. The number of alkyl halides is 2. The molecule has 17 heavy (non-hydrogen) atoms. The highest BCUT2D eigenvalue weighted by atomic mass is 19.3. The summed E-state index contributed by atoms with van der Waals surface area (Å²) in [5.41, 5.74) is -1.44. The molecule has 1 saturated heterocycles. The number of aromatic nitrogens is 2. The predicted molar refractivity (Wildman–Crippen MR) is 51.9 cm³/mol. The topological polar surface area (TPSA) is 84.3 Å². The van der Waals surface area contributed by atoms with E-state index in [1.807, 2.05) is 4.98 Å². The second kappa shape index (κ2) is 4.04. The fourth-order valence-corrected chi connectivity index (χ4v) is 1.70. The van der Waals surface area contributed by atoms with Gasteiger partial charge >= 0.3 is 5.69 Å². The van der Waals surface area contributed by atoms with E-state index >= 15 is 0 Å². The van der Waals surface area contributed by atoms with Crippen LogP contribution in [0.2, 0.25) is 0 Å². The Hall–Kier alpha value is -1.54. The van der Waals surface area contributed by atoms with E-state index in [0.717, 1.165) is 16.8 Å². The lowest BCUT2D eigenvalue weighted by Crippen LogP contribution is -2.31. The van der Waals surface area contributed by atoms with Crippen LogP contribution in [-0.4, -0.2) is 33.3 Å². The molecule has 0 spiro atoms.